The summed E-state index contributed by atoms with van der Waals surface area (Å²) in [6.45, 7) is 4.62. The van der Waals surface area contributed by atoms with Crippen molar-refractivity contribution < 1.29 is 14.3 Å². The van der Waals surface area contributed by atoms with E-state index in [4.69, 9.17) is 9.47 Å². The van der Waals surface area contributed by atoms with Crippen LogP contribution in [0.2, 0.25) is 0 Å². The standard InChI is InChI=1S/C14H17BrN2O3S/c1-14(2,15)12(18)17-13-16-10-5-4-9(8-11(10)21-13)20-7-6-19-3/h4-5,8H,6-7H2,1-3H3,(H,16,17,18). The van der Waals surface area contributed by atoms with E-state index in [1.165, 1.54) is 11.3 Å². The van der Waals surface area contributed by atoms with E-state index in [1.807, 2.05) is 18.2 Å². The molecule has 0 fully saturated rings. The fourth-order valence-corrected chi connectivity index (χ4v) is 2.53. The molecule has 0 aliphatic rings. The molecule has 0 bridgehead atoms. The SMILES string of the molecule is COCCOc1ccc2nc(NC(=O)C(C)(C)Br)sc2c1. The molecule has 0 aliphatic carbocycles. The fraction of sp³-hybridized carbons (Fsp3) is 0.429. The quantitative estimate of drug-likeness (QED) is 0.623. The van der Waals surface area contributed by atoms with Gasteiger partial charge in [-0.15, -0.1) is 0 Å². The molecule has 5 nitrogen and oxygen atoms in total. The van der Waals surface area contributed by atoms with Gasteiger partial charge in [-0.1, -0.05) is 27.3 Å². The molecule has 0 unspecified atom stereocenters. The zero-order valence-corrected chi connectivity index (χ0v) is 14.5. The van der Waals surface area contributed by atoms with Gasteiger partial charge in [0, 0.05) is 7.11 Å². The third kappa shape index (κ3) is 4.39. The number of nitrogens with one attached hydrogen (secondary N) is 1. The number of anilines is 1. The molecule has 2 rings (SSSR count). The minimum absolute atomic E-state index is 0.127. The van der Waals surface area contributed by atoms with Crippen LogP contribution in [0.5, 0.6) is 5.75 Å². The van der Waals surface area contributed by atoms with E-state index in [0.717, 1.165) is 16.0 Å². The Morgan fingerprint density at radius 1 is 1.43 bits per heavy atom. The zero-order valence-electron chi connectivity index (χ0n) is 12.1. The maximum Gasteiger partial charge on any atom is 0.242 e. The zero-order chi connectivity index (χ0) is 15.5. The van der Waals surface area contributed by atoms with Gasteiger partial charge in [0.25, 0.3) is 0 Å². The highest BCUT2D eigenvalue weighted by Crippen LogP contribution is 2.30. The van der Waals surface area contributed by atoms with Crippen molar-refractivity contribution >= 4 is 48.5 Å². The fourth-order valence-electron chi connectivity index (χ4n) is 1.54. The molecule has 21 heavy (non-hydrogen) atoms. The highest BCUT2D eigenvalue weighted by atomic mass is 79.9. The Morgan fingerprint density at radius 3 is 2.86 bits per heavy atom. The number of thiazole rings is 1. The van der Waals surface area contributed by atoms with Gasteiger partial charge in [0.15, 0.2) is 5.13 Å². The first kappa shape index (κ1) is 16.2. The van der Waals surface area contributed by atoms with Gasteiger partial charge >= 0.3 is 0 Å². The lowest BCUT2D eigenvalue weighted by Gasteiger charge is -2.13. The van der Waals surface area contributed by atoms with Crippen molar-refractivity contribution in [2.45, 2.75) is 18.2 Å². The van der Waals surface area contributed by atoms with Crippen LogP contribution in [0.4, 0.5) is 5.13 Å². The first-order valence-corrected chi connectivity index (χ1v) is 8.04. The second-order valence-corrected chi connectivity index (χ2v) is 7.93. The predicted molar refractivity (Wildman–Crippen MR) is 88.6 cm³/mol. The summed E-state index contributed by atoms with van der Waals surface area (Å²) in [6, 6.07) is 5.65. The van der Waals surface area contributed by atoms with E-state index in [1.54, 1.807) is 21.0 Å². The number of rotatable bonds is 6. The lowest BCUT2D eigenvalue weighted by atomic mass is 10.2. The van der Waals surface area contributed by atoms with Crippen LogP contribution < -0.4 is 10.1 Å². The molecule has 1 aromatic heterocycles. The van der Waals surface area contributed by atoms with Crippen LogP contribution in [0.3, 0.4) is 0 Å². The summed E-state index contributed by atoms with van der Waals surface area (Å²) in [4.78, 5) is 16.3. The lowest BCUT2D eigenvalue weighted by molar-refractivity contribution is -0.117. The normalized spacial score (nSPS) is 11.6. The smallest absolute Gasteiger partial charge is 0.242 e. The Kier molecular flexibility index (Phi) is 5.18. The Labute approximate surface area is 135 Å². The monoisotopic (exact) mass is 372 g/mol. The van der Waals surface area contributed by atoms with Gasteiger partial charge in [0.2, 0.25) is 5.91 Å². The number of methoxy groups -OCH3 is 1. The Hall–Kier alpha value is -1.18. The van der Waals surface area contributed by atoms with E-state index < -0.39 is 4.32 Å². The number of carbonyl (C=O) groups excluding carboxylic acids is 1. The molecule has 0 spiro atoms. The van der Waals surface area contributed by atoms with Crippen LogP contribution in [0.15, 0.2) is 18.2 Å². The van der Waals surface area contributed by atoms with Crippen molar-refractivity contribution in [1.29, 1.82) is 0 Å². The van der Waals surface area contributed by atoms with E-state index in [2.05, 4.69) is 26.2 Å². The van der Waals surface area contributed by atoms with Gasteiger partial charge in [-0.3, -0.25) is 4.79 Å². The molecule has 1 amide bonds. The number of aromatic nitrogens is 1. The summed E-state index contributed by atoms with van der Waals surface area (Å²) in [5.41, 5.74) is 0.835. The molecule has 7 heteroatoms. The number of hydrogen-bond acceptors (Lipinski definition) is 5. The Morgan fingerprint density at radius 2 is 2.19 bits per heavy atom. The van der Waals surface area contributed by atoms with Crippen LogP contribution in [0.25, 0.3) is 10.2 Å². The number of alkyl halides is 1. The molecule has 0 atom stereocenters. The largest absolute Gasteiger partial charge is 0.491 e. The summed E-state index contributed by atoms with van der Waals surface area (Å²) >= 11 is 4.75. The molecule has 114 valence electrons. The molecule has 1 N–H and O–H groups in total. The number of carbonyl (C=O) groups is 1. The average molecular weight is 373 g/mol. The molecule has 0 aliphatic heterocycles. The Bertz CT molecular complexity index is 637. The van der Waals surface area contributed by atoms with Crippen LogP contribution in [0, 0.1) is 0 Å². The van der Waals surface area contributed by atoms with E-state index >= 15 is 0 Å². The second kappa shape index (κ2) is 6.72. The number of fused-ring (bicyclic) bond motifs is 1. The third-order valence-corrected chi connectivity index (χ3v) is 3.97. The van der Waals surface area contributed by atoms with Gasteiger partial charge in [-0.2, -0.15) is 0 Å². The van der Waals surface area contributed by atoms with Crippen molar-refractivity contribution in [1.82, 2.24) is 4.98 Å². The van der Waals surface area contributed by atoms with Crippen molar-refractivity contribution in [2.75, 3.05) is 25.6 Å². The number of hydrogen-bond donors (Lipinski definition) is 1. The minimum Gasteiger partial charge on any atom is -0.491 e. The molecule has 0 radical (unpaired) electrons. The summed E-state index contributed by atoms with van der Waals surface area (Å²) < 4.78 is 10.8. The first-order valence-electron chi connectivity index (χ1n) is 6.43. The molecular formula is C14H17BrN2O3S. The molecule has 1 heterocycles. The lowest BCUT2D eigenvalue weighted by Crippen LogP contribution is -2.30. The minimum atomic E-state index is -0.626. The number of ether oxygens (including phenoxy) is 2. The van der Waals surface area contributed by atoms with Crippen molar-refractivity contribution in [2.24, 2.45) is 0 Å². The van der Waals surface area contributed by atoms with Crippen molar-refractivity contribution in [3.8, 4) is 5.75 Å². The van der Waals surface area contributed by atoms with Crippen molar-refractivity contribution in [3.63, 3.8) is 0 Å². The van der Waals surface area contributed by atoms with Crippen LogP contribution >= 0.6 is 27.3 Å². The highest BCUT2D eigenvalue weighted by molar-refractivity contribution is 9.10. The number of halogens is 1. The second-order valence-electron chi connectivity index (χ2n) is 4.92. The summed E-state index contributed by atoms with van der Waals surface area (Å²) in [5.74, 6) is 0.639. The maximum absolute atomic E-state index is 11.9. The number of benzene rings is 1. The van der Waals surface area contributed by atoms with Crippen LogP contribution in [-0.4, -0.2) is 35.5 Å². The highest BCUT2D eigenvalue weighted by Gasteiger charge is 2.24. The van der Waals surface area contributed by atoms with Crippen molar-refractivity contribution in [3.05, 3.63) is 18.2 Å². The molecule has 0 saturated heterocycles. The van der Waals surface area contributed by atoms with Crippen LogP contribution in [0.1, 0.15) is 13.8 Å². The van der Waals surface area contributed by atoms with E-state index in [9.17, 15) is 4.79 Å². The van der Waals surface area contributed by atoms with Gasteiger partial charge in [-0.25, -0.2) is 4.98 Å². The summed E-state index contributed by atoms with van der Waals surface area (Å²) in [6.07, 6.45) is 0. The molecule has 2 aromatic rings. The third-order valence-electron chi connectivity index (χ3n) is 2.68. The molecule has 0 saturated carbocycles. The Balaban J connectivity index is 2.12. The first-order chi connectivity index (χ1) is 9.90. The number of nitrogens with zero attached hydrogens (tertiary/aromatic N) is 1. The average Bonchev–Trinajstić information content (AvgIpc) is 2.79. The maximum atomic E-state index is 11.9. The topological polar surface area (TPSA) is 60.5 Å². The molecular weight excluding hydrogens is 356 g/mol. The van der Waals surface area contributed by atoms with E-state index in [0.29, 0.717) is 18.3 Å². The number of amides is 1. The van der Waals surface area contributed by atoms with Gasteiger partial charge in [0.05, 0.1) is 21.1 Å². The summed E-state index contributed by atoms with van der Waals surface area (Å²) in [7, 11) is 1.63. The molecule has 1 aromatic carbocycles. The van der Waals surface area contributed by atoms with Gasteiger partial charge in [0.1, 0.15) is 12.4 Å². The van der Waals surface area contributed by atoms with E-state index in [-0.39, 0.29) is 5.91 Å². The van der Waals surface area contributed by atoms with Crippen LogP contribution in [-0.2, 0) is 9.53 Å². The predicted octanol–water partition coefficient (Wildman–Crippen LogP) is 3.43. The van der Waals surface area contributed by atoms with Gasteiger partial charge in [-0.05, 0) is 32.0 Å². The summed E-state index contributed by atoms with van der Waals surface area (Å²) in [5, 5.41) is 3.38. The van der Waals surface area contributed by atoms with Gasteiger partial charge < -0.3 is 14.8 Å².